The Kier molecular flexibility index (Phi) is 6.37. The van der Waals surface area contributed by atoms with Crippen LogP contribution in [-0.4, -0.2) is 64.7 Å². The largest absolute Gasteiger partial charge is 0.504 e. The number of carbonyl (C=O) groups is 4. The Morgan fingerprint density at radius 2 is 0.714 bits per heavy atom. The lowest BCUT2D eigenvalue weighted by Crippen LogP contribution is -2.15. The molecule has 0 saturated heterocycles. The molecule has 0 bridgehead atoms. The van der Waals surface area contributed by atoms with Crippen molar-refractivity contribution in [1.29, 1.82) is 0 Å². The Morgan fingerprint density at radius 1 is 0.500 bits per heavy atom. The maximum Gasteiger partial charge on any atom is 0.336 e. The third-order valence-electron chi connectivity index (χ3n) is 3.19. The van der Waals surface area contributed by atoms with Crippen molar-refractivity contribution in [3.63, 3.8) is 0 Å². The summed E-state index contributed by atoms with van der Waals surface area (Å²) in [6, 6.07) is 3.17. The zero-order valence-electron chi connectivity index (χ0n) is 13.5. The lowest BCUT2D eigenvalue weighted by atomic mass is 9.98. The van der Waals surface area contributed by atoms with E-state index in [1.54, 1.807) is 0 Å². The van der Waals surface area contributed by atoms with Crippen molar-refractivity contribution in [1.82, 2.24) is 0 Å². The molecule has 0 aliphatic rings. The second-order valence-corrected chi connectivity index (χ2v) is 4.97. The van der Waals surface area contributed by atoms with Crippen molar-refractivity contribution in [2.75, 3.05) is 0 Å². The fraction of sp³-hybridized carbons (Fsp3) is 0. The number of carboxylic acid groups (broad SMARTS) is 4. The van der Waals surface area contributed by atoms with E-state index in [2.05, 4.69) is 0 Å². The first-order valence-corrected chi connectivity index (χ1v) is 6.92. The monoisotopic (exact) mass is 396 g/mol. The summed E-state index contributed by atoms with van der Waals surface area (Å²) >= 11 is 0. The molecule has 148 valence electrons. The van der Waals surface area contributed by atoms with E-state index < -0.39 is 69.1 Å². The van der Waals surface area contributed by atoms with Crippen LogP contribution in [0.25, 0.3) is 0 Å². The fourth-order valence-electron chi connectivity index (χ4n) is 1.87. The number of aromatic carboxylic acids is 4. The van der Waals surface area contributed by atoms with Crippen molar-refractivity contribution in [2.24, 2.45) is 0 Å². The molecule has 8 N–H and O–H groups in total. The number of hydrogen-bond acceptors (Lipinski definition) is 8. The summed E-state index contributed by atoms with van der Waals surface area (Å²) in [6.07, 6.45) is 0. The van der Waals surface area contributed by atoms with Gasteiger partial charge in [0.05, 0.1) is 22.3 Å². The summed E-state index contributed by atoms with van der Waals surface area (Å²) < 4.78 is 0. The predicted molar refractivity (Wildman–Crippen MR) is 87.4 cm³/mol. The molecule has 0 saturated carbocycles. The van der Waals surface area contributed by atoms with Crippen molar-refractivity contribution in [3.8, 4) is 23.0 Å². The molecule has 2 aromatic rings. The van der Waals surface area contributed by atoms with Crippen LogP contribution in [0.3, 0.4) is 0 Å². The standard InChI is InChI=1S/C10H6O8.C6H6O4/c11-7(12)3-1-4(8(13)14)6(10(17)18)2-5(3)9(15)16;7-3-1-2-4(8)6(10)5(3)9/h1-2H,(H,11,12)(H,13,14)(H,15,16)(H,17,18);1-2,7-10H. The van der Waals surface area contributed by atoms with Gasteiger partial charge < -0.3 is 40.9 Å². The normalized spacial score (nSPS) is 9.71. The van der Waals surface area contributed by atoms with E-state index in [0.717, 1.165) is 12.1 Å². The third-order valence-corrected chi connectivity index (χ3v) is 3.19. The van der Waals surface area contributed by atoms with Crippen molar-refractivity contribution in [3.05, 3.63) is 46.5 Å². The fourth-order valence-corrected chi connectivity index (χ4v) is 1.87. The Hall–Kier alpha value is -4.48. The van der Waals surface area contributed by atoms with Gasteiger partial charge in [0.15, 0.2) is 11.5 Å². The van der Waals surface area contributed by atoms with Gasteiger partial charge in [0.1, 0.15) is 0 Å². The van der Waals surface area contributed by atoms with Gasteiger partial charge in [-0.2, -0.15) is 0 Å². The number of aromatic hydroxyl groups is 4. The number of benzene rings is 2. The molecule has 0 heterocycles. The molecule has 2 rings (SSSR count). The summed E-state index contributed by atoms with van der Waals surface area (Å²) in [7, 11) is 0. The minimum Gasteiger partial charge on any atom is -0.504 e. The molecule has 12 heteroatoms. The van der Waals surface area contributed by atoms with E-state index in [-0.39, 0.29) is 0 Å². The SMILES string of the molecule is O=C(O)c1cc(C(=O)O)c(C(=O)O)cc1C(=O)O.Oc1ccc(O)c(O)c1O. The summed E-state index contributed by atoms with van der Waals surface area (Å²) in [6.45, 7) is 0. The van der Waals surface area contributed by atoms with Gasteiger partial charge in [0.2, 0.25) is 11.5 Å². The molecule has 0 fully saturated rings. The van der Waals surface area contributed by atoms with Gasteiger partial charge in [0, 0.05) is 0 Å². The van der Waals surface area contributed by atoms with Crippen LogP contribution in [0.4, 0.5) is 0 Å². The molecule has 2 aromatic carbocycles. The average Bonchev–Trinajstić information content (AvgIpc) is 2.62. The summed E-state index contributed by atoms with van der Waals surface area (Å²) in [5.74, 6) is -8.98. The minimum atomic E-state index is -1.66. The lowest BCUT2D eigenvalue weighted by molar-refractivity contribution is 0.0637. The van der Waals surface area contributed by atoms with Gasteiger partial charge in [-0.3, -0.25) is 0 Å². The van der Waals surface area contributed by atoms with E-state index in [1.165, 1.54) is 0 Å². The van der Waals surface area contributed by atoms with Crippen LogP contribution in [0.1, 0.15) is 41.4 Å². The van der Waals surface area contributed by atoms with E-state index in [9.17, 15) is 19.2 Å². The molecule has 0 radical (unpaired) electrons. The highest BCUT2D eigenvalue weighted by Crippen LogP contribution is 2.40. The van der Waals surface area contributed by atoms with Crippen LogP contribution in [0.2, 0.25) is 0 Å². The van der Waals surface area contributed by atoms with Gasteiger partial charge in [-0.15, -0.1) is 0 Å². The zero-order chi connectivity index (χ0) is 21.8. The van der Waals surface area contributed by atoms with Crippen molar-refractivity contribution < 1.29 is 60.0 Å². The van der Waals surface area contributed by atoms with E-state index in [4.69, 9.17) is 40.9 Å². The summed E-state index contributed by atoms with van der Waals surface area (Å²) in [4.78, 5) is 43.1. The van der Waals surface area contributed by atoms with E-state index in [1.807, 2.05) is 0 Å². The molecule has 0 spiro atoms. The number of hydrogen-bond donors (Lipinski definition) is 8. The van der Waals surface area contributed by atoms with Crippen LogP contribution >= 0.6 is 0 Å². The molecule has 0 aliphatic heterocycles. The molecule has 0 aliphatic carbocycles. The highest BCUT2D eigenvalue weighted by molar-refractivity contribution is 6.09. The Labute approximate surface area is 154 Å². The molecule has 12 nitrogen and oxygen atoms in total. The second-order valence-electron chi connectivity index (χ2n) is 4.97. The maximum absolute atomic E-state index is 10.8. The first kappa shape index (κ1) is 21.6. The topological polar surface area (TPSA) is 230 Å². The Morgan fingerprint density at radius 3 is 0.893 bits per heavy atom. The van der Waals surface area contributed by atoms with Gasteiger partial charge >= 0.3 is 23.9 Å². The van der Waals surface area contributed by atoms with Crippen LogP contribution < -0.4 is 0 Å². The van der Waals surface area contributed by atoms with E-state index in [0.29, 0.717) is 12.1 Å². The number of phenolic OH excluding ortho intramolecular Hbond substituents is 4. The number of carboxylic acids is 4. The molecule has 0 unspecified atom stereocenters. The molecular formula is C16H12O12. The van der Waals surface area contributed by atoms with Crippen molar-refractivity contribution >= 4 is 23.9 Å². The van der Waals surface area contributed by atoms with Gasteiger partial charge in [0.25, 0.3) is 0 Å². The summed E-state index contributed by atoms with van der Waals surface area (Å²) in [5, 5.41) is 69.8. The zero-order valence-corrected chi connectivity index (χ0v) is 13.5. The highest BCUT2D eigenvalue weighted by atomic mass is 16.4. The van der Waals surface area contributed by atoms with Crippen LogP contribution in [0.15, 0.2) is 24.3 Å². The smallest absolute Gasteiger partial charge is 0.336 e. The van der Waals surface area contributed by atoms with Crippen LogP contribution in [0, 0.1) is 0 Å². The molecule has 0 aromatic heterocycles. The van der Waals surface area contributed by atoms with Gasteiger partial charge in [-0.25, -0.2) is 19.2 Å². The van der Waals surface area contributed by atoms with Gasteiger partial charge in [-0.05, 0) is 24.3 Å². The predicted octanol–water partition coefficient (Wildman–Crippen LogP) is 0.988. The highest BCUT2D eigenvalue weighted by Gasteiger charge is 2.24. The molecular weight excluding hydrogens is 384 g/mol. The maximum atomic E-state index is 10.8. The first-order chi connectivity index (χ1) is 12.9. The van der Waals surface area contributed by atoms with Crippen LogP contribution in [0.5, 0.6) is 23.0 Å². The van der Waals surface area contributed by atoms with Crippen molar-refractivity contribution in [2.45, 2.75) is 0 Å². The average molecular weight is 396 g/mol. The van der Waals surface area contributed by atoms with Crippen LogP contribution in [-0.2, 0) is 0 Å². The Bertz CT molecular complexity index is 851. The lowest BCUT2D eigenvalue weighted by Gasteiger charge is -2.06. The van der Waals surface area contributed by atoms with Gasteiger partial charge in [-0.1, -0.05) is 0 Å². The van der Waals surface area contributed by atoms with E-state index >= 15 is 0 Å². The second kappa shape index (κ2) is 8.27. The third kappa shape index (κ3) is 4.57. The molecule has 0 atom stereocenters. The quantitative estimate of drug-likeness (QED) is 0.267. The molecule has 0 amide bonds. The first-order valence-electron chi connectivity index (χ1n) is 6.92. The molecule has 28 heavy (non-hydrogen) atoms. The number of rotatable bonds is 4. The minimum absolute atomic E-state index is 0.463. The summed E-state index contributed by atoms with van der Waals surface area (Å²) in [5.41, 5.74) is -3.15. The Balaban J connectivity index is 0.000000330. The number of phenols is 4.